The number of rotatable bonds is 11. The average Bonchev–Trinajstić information content (AvgIpc) is 3.23. The quantitative estimate of drug-likeness (QED) is 0.199. The highest BCUT2D eigenvalue weighted by molar-refractivity contribution is 8.00. The van der Waals surface area contributed by atoms with Gasteiger partial charge < -0.3 is 9.67 Å². The largest absolute Gasteiger partial charge is 0.478 e. The third-order valence-electron chi connectivity index (χ3n) is 5.90. The summed E-state index contributed by atoms with van der Waals surface area (Å²) in [4.78, 5) is 16.8. The lowest BCUT2D eigenvalue weighted by molar-refractivity contribution is 0.0697. The first-order chi connectivity index (χ1) is 17.8. The van der Waals surface area contributed by atoms with Crippen molar-refractivity contribution in [2.45, 2.75) is 81.0 Å². The maximum Gasteiger partial charge on any atom is 0.336 e. The lowest BCUT2D eigenvalue weighted by Gasteiger charge is -2.14. The Hall–Kier alpha value is -2.84. The van der Waals surface area contributed by atoms with Crippen LogP contribution in [0.2, 0.25) is 0 Å². The van der Waals surface area contributed by atoms with Crippen molar-refractivity contribution in [2.75, 3.05) is 0 Å². The minimum absolute atomic E-state index is 0.307. The molecule has 0 fully saturated rings. The van der Waals surface area contributed by atoms with Gasteiger partial charge in [0.15, 0.2) is 0 Å². The van der Waals surface area contributed by atoms with Crippen LogP contribution in [0.15, 0.2) is 58.6 Å². The van der Waals surface area contributed by atoms with E-state index in [4.69, 9.17) is 4.98 Å². The Bertz CT molecular complexity index is 1380. The van der Waals surface area contributed by atoms with E-state index in [0.29, 0.717) is 22.6 Å². The summed E-state index contributed by atoms with van der Waals surface area (Å²) in [5.74, 6) is 0.139. The second-order valence-electron chi connectivity index (χ2n) is 9.61. The molecule has 0 saturated carbocycles. The standard InChI is InChI=1S/C29H34N4O2S2/c1-6-7-12-24-30-25-26(28(37-19(4)5)32-31-27(25)36-18(2)3)33(24)17-20-13-15-21(16-14-20)22-10-8-9-11-23(22)29(34)35/h8-11,13-16,18-19H,6-7,12,17H2,1-5H3,(H,34,35). The first kappa shape index (κ1) is 27.2. The molecule has 2 aromatic carbocycles. The smallest absolute Gasteiger partial charge is 0.336 e. The number of aromatic carboxylic acids is 1. The number of aromatic nitrogens is 4. The number of aryl methyl sites for hydroxylation is 1. The van der Waals surface area contributed by atoms with E-state index in [-0.39, 0.29) is 0 Å². The number of imidazole rings is 1. The number of carboxylic acids is 1. The maximum absolute atomic E-state index is 11.7. The Morgan fingerprint density at radius 3 is 2.24 bits per heavy atom. The van der Waals surface area contributed by atoms with Gasteiger partial charge >= 0.3 is 5.97 Å². The predicted octanol–water partition coefficient (Wildman–Crippen LogP) is 7.58. The Kier molecular flexibility index (Phi) is 8.92. The molecular weight excluding hydrogens is 500 g/mol. The second-order valence-corrected chi connectivity index (χ2v) is 12.7. The minimum Gasteiger partial charge on any atom is -0.478 e. The highest BCUT2D eigenvalue weighted by Crippen LogP contribution is 2.36. The van der Waals surface area contributed by atoms with Crippen molar-refractivity contribution >= 4 is 40.5 Å². The van der Waals surface area contributed by atoms with E-state index in [1.54, 1.807) is 35.7 Å². The molecule has 0 aliphatic rings. The molecule has 4 aromatic rings. The van der Waals surface area contributed by atoms with Crippen molar-refractivity contribution in [3.05, 3.63) is 65.5 Å². The summed E-state index contributed by atoms with van der Waals surface area (Å²) in [7, 11) is 0. The van der Waals surface area contributed by atoms with Crippen LogP contribution in [-0.2, 0) is 13.0 Å². The summed E-state index contributed by atoms with van der Waals surface area (Å²) in [6.07, 6.45) is 3.06. The third-order valence-corrected chi connectivity index (χ3v) is 7.83. The van der Waals surface area contributed by atoms with Crippen molar-refractivity contribution in [3.63, 3.8) is 0 Å². The fraction of sp³-hybridized carbons (Fsp3) is 0.379. The van der Waals surface area contributed by atoms with E-state index in [0.717, 1.165) is 62.9 Å². The van der Waals surface area contributed by atoms with E-state index in [1.807, 2.05) is 24.3 Å². The van der Waals surface area contributed by atoms with Crippen LogP contribution in [0.4, 0.5) is 0 Å². The number of nitrogens with zero attached hydrogens (tertiary/aromatic N) is 4. The van der Waals surface area contributed by atoms with Crippen LogP contribution < -0.4 is 0 Å². The topological polar surface area (TPSA) is 80.9 Å². The summed E-state index contributed by atoms with van der Waals surface area (Å²) in [5, 5.41) is 21.4. The highest BCUT2D eigenvalue weighted by atomic mass is 32.2. The molecule has 2 heterocycles. The van der Waals surface area contributed by atoms with Gasteiger partial charge in [0.2, 0.25) is 0 Å². The van der Waals surface area contributed by atoms with Crippen molar-refractivity contribution in [2.24, 2.45) is 0 Å². The normalized spacial score (nSPS) is 11.6. The summed E-state index contributed by atoms with van der Waals surface area (Å²) in [5.41, 5.74) is 5.05. The molecular formula is C29H34N4O2S2. The Balaban J connectivity index is 1.78. The van der Waals surface area contributed by atoms with Crippen LogP contribution in [0.5, 0.6) is 0 Å². The predicted molar refractivity (Wildman–Crippen MR) is 154 cm³/mol. The maximum atomic E-state index is 11.7. The first-order valence-corrected chi connectivity index (χ1v) is 14.5. The molecule has 0 saturated heterocycles. The van der Waals surface area contributed by atoms with Crippen molar-refractivity contribution in [3.8, 4) is 11.1 Å². The molecule has 0 unspecified atom stereocenters. The fourth-order valence-corrected chi connectivity index (χ4v) is 5.89. The van der Waals surface area contributed by atoms with Gasteiger partial charge in [-0.25, -0.2) is 9.78 Å². The zero-order valence-corrected chi connectivity index (χ0v) is 23.7. The Morgan fingerprint density at radius 1 is 0.946 bits per heavy atom. The Morgan fingerprint density at radius 2 is 1.59 bits per heavy atom. The van der Waals surface area contributed by atoms with Gasteiger partial charge in [0.1, 0.15) is 26.9 Å². The molecule has 0 bridgehead atoms. The van der Waals surface area contributed by atoms with E-state index in [2.05, 4.69) is 61.5 Å². The summed E-state index contributed by atoms with van der Waals surface area (Å²) >= 11 is 3.43. The number of hydrogen-bond donors (Lipinski definition) is 1. The minimum atomic E-state index is -0.920. The second kappa shape index (κ2) is 12.1. The summed E-state index contributed by atoms with van der Waals surface area (Å²) in [6.45, 7) is 11.5. The fourth-order valence-electron chi connectivity index (χ4n) is 4.25. The van der Waals surface area contributed by atoms with E-state index < -0.39 is 5.97 Å². The van der Waals surface area contributed by atoms with E-state index in [1.165, 1.54) is 0 Å². The Labute approximate surface area is 227 Å². The number of fused-ring (bicyclic) bond motifs is 1. The number of thioether (sulfide) groups is 2. The van der Waals surface area contributed by atoms with Crippen LogP contribution in [-0.4, -0.2) is 41.3 Å². The van der Waals surface area contributed by atoms with Gasteiger partial charge in [-0.3, -0.25) is 0 Å². The summed E-state index contributed by atoms with van der Waals surface area (Å²) in [6, 6.07) is 15.3. The number of hydrogen-bond acceptors (Lipinski definition) is 6. The van der Waals surface area contributed by atoms with Crippen LogP contribution >= 0.6 is 23.5 Å². The molecule has 2 aromatic heterocycles. The number of carbonyl (C=O) groups is 1. The van der Waals surface area contributed by atoms with Crippen molar-refractivity contribution in [1.29, 1.82) is 0 Å². The zero-order valence-electron chi connectivity index (χ0n) is 22.1. The molecule has 0 atom stereocenters. The highest BCUT2D eigenvalue weighted by Gasteiger charge is 2.22. The molecule has 1 N–H and O–H groups in total. The first-order valence-electron chi connectivity index (χ1n) is 12.8. The molecule has 0 radical (unpaired) electrons. The SMILES string of the molecule is CCCCc1nc2c(SC(C)C)nnc(SC(C)C)c2n1Cc1ccc(-c2ccccc2C(=O)O)cc1. The summed E-state index contributed by atoms with van der Waals surface area (Å²) < 4.78 is 2.31. The van der Waals surface area contributed by atoms with Crippen LogP contribution in [0.3, 0.4) is 0 Å². The molecule has 0 spiro atoms. The van der Waals surface area contributed by atoms with Crippen LogP contribution in [0, 0.1) is 0 Å². The number of benzene rings is 2. The van der Waals surface area contributed by atoms with Gasteiger partial charge in [-0.15, -0.1) is 10.2 Å². The molecule has 0 aliphatic heterocycles. The molecule has 6 nitrogen and oxygen atoms in total. The average molecular weight is 535 g/mol. The molecule has 194 valence electrons. The van der Waals surface area contributed by atoms with Gasteiger partial charge in [0.05, 0.1) is 5.56 Å². The lowest BCUT2D eigenvalue weighted by Crippen LogP contribution is -2.07. The van der Waals surface area contributed by atoms with E-state index >= 15 is 0 Å². The number of unbranched alkanes of at least 4 members (excludes halogenated alkanes) is 1. The van der Waals surface area contributed by atoms with E-state index in [9.17, 15) is 9.90 Å². The third kappa shape index (κ3) is 6.36. The van der Waals surface area contributed by atoms with Crippen LogP contribution in [0.25, 0.3) is 22.2 Å². The molecule has 0 aliphatic carbocycles. The monoisotopic (exact) mass is 534 g/mol. The van der Waals surface area contributed by atoms with Crippen LogP contribution in [0.1, 0.15) is 69.2 Å². The van der Waals surface area contributed by atoms with Gasteiger partial charge in [0.25, 0.3) is 0 Å². The number of carboxylic acid groups (broad SMARTS) is 1. The van der Waals surface area contributed by atoms with Crippen molar-refractivity contribution < 1.29 is 9.90 Å². The molecule has 4 rings (SSSR count). The van der Waals surface area contributed by atoms with Crippen molar-refractivity contribution in [1.82, 2.24) is 19.7 Å². The lowest BCUT2D eigenvalue weighted by atomic mass is 9.99. The molecule has 8 heteroatoms. The van der Waals surface area contributed by atoms with Gasteiger partial charge in [-0.1, -0.05) is 107 Å². The zero-order chi connectivity index (χ0) is 26.5. The molecule has 37 heavy (non-hydrogen) atoms. The van der Waals surface area contributed by atoms with Gasteiger partial charge in [-0.05, 0) is 29.2 Å². The molecule has 0 amide bonds. The van der Waals surface area contributed by atoms with Gasteiger partial charge in [-0.2, -0.15) is 0 Å². The van der Waals surface area contributed by atoms with Gasteiger partial charge in [0, 0.05) is 23.5 Å².